The summed E-state index contributed by atoms with van der Waals surface area (Å²) in [4.78, 5) is 5.18. The molecular weight excluding hydrogens is 291 g/mol. The average molecular weight is 306 g/mol. The molecule has 3 rings (SSSR count). The highest BCUT2D eigenvalue weighted by Gasteiger charge is 2.23. The molecule has 2 heterocycles. The zero-order chi connectivity index (χ0) is 14.7. The fourth-order valence-corrected chi connectivity index (χ4v) is 3.13. The van der Waals surface area contributed by atoms with Crippen LogP contribution in [0.25, 0.3) is 0 Å². The minimum atomic E-state index is -0.555. The Bertz CT molecular complexity index is 633. The second-order valence-electron chi connectivity index (χ2n) is 4.54. The van der Waals surface area contributed by atoms with Crippen LogP contribution < -0.4 is 5.73 Å². The van der Waals surface area contributed by atoms with Crippen LogP contribution in [0.5, 0.6) is 0 Å². The van der Waals surface area contributed by atoms with E-state index in [0.717, 1.165) is 10.5 Å². The molecule has 1 aliphatic heterocycles. The summed E-state index contributed by atoms with van der Waals surface area (Å²) >= 11 is 1.44. The van der Waals surface area contributed by atoms with Crippen LogP contribution in [0.15, 0.2) is 46.5 Å². The first-order valence-electron chi connectivity index (χ1n) is 6.62. The summed E-state index contributed by atoms with van der Waals surface area (Å²) in [6.45, 7) is 1.45. The molecule has 1 aromatic heterocycles. The van der Waals surface area contributed by atoms with E-state index in [4.69, 9.17) is 15.2 Å². The minimum Gasteiger partial charge on any atom is -0.346 e. The Labute approximate surface area is 126 Å². The lowest BCUT2D eigenvalue weighted by atomic mass is 10.2. The summed E-state index contributed by atoms with van der Waals surface area (Å²) in [7, 11) is 0. The summed E-state index contributed by atoms with van der Waals surface area (Å²) in [5.41, 5.74) is 7.38. The Kier molecular flexibility index (Phi) is 4.50. The maximum absolute atomic E-state index is 13.5. The van der Waals surface area contributed by atoms with Gasteiger partial charge in [-0.15, -0.1) is 0 Å². The molecule has 0 spiro atoms. The number of nitrogens with two attached hydrogens (primary N) is 1. The molecule has 0 saturated carbocycles. The largest absolute Gasteiger partial charge is 0.346 e. The SMILES string of the molecule is NCc1ccccc1Sc1ncc(F)cc1C1OCCO1. The zero-order valence-electron chi connectivity index (χ0n) is 11.3. The van der Waals surface area contributed by atoms with Gasteiger partial charge in [-0.3, -0.25) is 0 Å². The van der Waals surface area contributed by atoms with Gasteiger partial charge in [0.05, 0.1) is 19.4 Å². The zero-order valence-corrected chi connectivity index (χ0v) is 12.1. The molecule has 4 nitrogen and oxygen atoms in total. The third-order valence-electron chi connectivity index (χ3n) is 3.12. The average Bonchev–Trinajstić information content (AvgIpc) is 3.04. The van der Waals surface area contributed by atoms with Crippen molar-refractivity contribution in [3.05, 3.63) is 53.5 Å². The Hall–Kier alpha value is -1.47. The van der Waals surface area contributed by atoms with Gasteiger partial charge in [-0.1, -0.05) is 30.0 Å². The summed E-state index contributed by atoms with van der Waals surface area (Å²) < 4.78 is 24.4. The Morgan fingerprint density at radius 3 is 2.81 bits per heavy atom. The van der Waals surface area contributed by atoms with Crippen molar-refractivity contribution in [2.75, 3.05) is 13.2 Å². The Balaban J connectivity index is 1.94. The first kappa shape index (κ1) is 14.5. The highest BCUT2D eigenvalue weighted by atomic mass is 32.2. The first-order valence-corrected chi connectivity index (χ1v) is 7.44. The van der Waals surface area contributed by atoms with E-state index in [1.54, 1.807) is 0 Å². The fourth-order valence-electron chi connectivity index (χ4n) is 2.11. The van der Waals surface area contributed by atoms with Crippen molar-refractivity contribution in [1.82, 2.24) is 4.98 Å². The van der Waals surface area contributed by atoms with Gasteiger partial charge in [-0.25, -0.2) is 9.37 Å². The van der Waals surface area contributed by atoms with E-state index >= 15 is 0 Å². The van der Waals surface area contributed by atoms with E-state index in [9.17, 15) is 4.39 Å². The molecule has 0 atom stereocenters. The number of hydrogen-bond donors (Lipinski definition) is 1. The first-order chi connectivity index (χ1) is 10.3. The summed E-state index contributed by atoms with van der Waals surface area (Å²) in [5, 5.41) is 0.671. The normalized spacial score (nSPS) is 15.5. The lowest BCUT2D eigenvalue weighted by molar-refractivity contribution is -0.0466. The molecule has 1 aliphatic rings. The van der Waals surface area contributed by atoms with Gasteiger partial charge in [0.25, 0.3) is 0 Å². The van der Waals surface area contributed by atoms with Crippen LogP contribution in [0.3, 0.4) is 0 Å². The smallest absolute Gasteiger partial charge is 0.186 e. The van der Waals surface area contributed by atoms with E-state index < -0.39 is 12.1 Å². The number of benzene rings is 1. The van der Waals surface area contributed by atoms with Crippen LogP contribution in [0, 0.1) is 5.82 Å². The molecule has 21 heavy (non-hydrogen) atoms. The predicted molar refractivity (Wildman–Crippen MR) is 77.3 cm³/mol. The number of ether oxygens (including phenoxy) is 2. The third-order valence-corrected chi connectivity index (χ3v) is 4.27. The topological polar surface area (TPSA) is 57.4 Å². The van der Waals surface area contributed by atoms with Crippen molar-refractivity contribution in [2.45, 2.75) is 22.8 Å². The van der Waals surface area contributed by atoms with E-state index in [1.165, 1.54) is 24.0 Å². The molecular formula is C15H15FN2O2S. The minimum absolute atomic E-state index is 0.402. The summed E-state index contributed by atoms with van der Waals surface area (Å²) in [6.07, 6.45) is 0.645. The van der Waals surface area contributed by atoms with Gasteiger partial charge in [-0.05, 0) is 17.7 Å². The van der Waals surface area contributed by atoms with Crippen LogP contribution >= 0.6 is 11.8 Å². The highest BCUT2D eigenvalue weighted by Crippen LogP contribution is 2.36. The van der Waals surface area contributed by atoms with Crippen molar-refractivity contribution >= 4 is 11.8 Å². The second kappa shape index (κ2) is 6.53. The predicted octanol–water partition coefficient (Wildman–Crippen LogP) is 2.88. The Morgan fingerprint density at radius 2 is 2.05 bits per heavy atom. The van der Waals surface area contributed by atoms with E-state index in [2.05, 4.69) is 4.98 Å². The quantitative estimate of drug-likeness (QED) is 0.941. The molecule has 0 unspecified atom stereocenters. The molecule has 6 heteroatoms. The molecule has 0 aliphatic carbocycles. The Morgan fingerprint density at radius 1 is 1.29 bits per heavy atom. The molecule has 110 valence electrons. The second-order valence-corrected chi connectivity index (χ2v) is 5.57. The van der Waals surface area contributed by atoms with Crippen LogP contribution in [0.2, 0.25) is 0 Å². The van der Waals surface area contributed by atoms with Crippen molar-refractivity contribution in [3.8, 4) is 0 Å². The van der Waals surface area contributed by atoms with Gasteiger partial charge < -0.3 is 15.2 Å². The molecule has 2 N–H and O–H groups in total. The fraction of sp³-hybridized carbons (Fsp3) is 0.267. The van der Waals surface area contributed by atoms with E-state index in [-0.39, 0.29) is 0 Å². The summed E-state index contributed by atoms with van der Waals surface area (Å²) in [6, 6.07) is 9.23. The van der Waals surface area contributed by atoms with Crippen molar-refractivity contribution in [3.63, 3.8) is 0 Å². The van der Waals surface area contributed by atoms with Gasteiger partial charge in [-0.2, -0.15) is 0 Å². The number of nitrogens with zero attached hydrogens (tertiary/aromatic N) is 1. The number of pyridine rings is 1. The molecule has 1 fully saturated rings. The maximum atomic E-state index is 13.5. The highest BCUT2D eigenvalue weighted by molar-refractivity contribution is 7.99. The molecule has 1 saturated heterocycles. The van der Waals surface area contributed by atoms with Crippen LogP contribution in [-0.2, 0) is 16.0 Å². The van der Waals surface area contributed by atoms with E-state index in [0.29, 0.717) is 30.3 Å². The van der Waals surface area contributed by atoms with Crippen LogP contribution in [-0.4, -0.2) is 18.2 Å². The van der Waals surface area contributed by atoms with Gasteiger partial charge in [0.15, 0.2) is 6.29 Å². The molecule has 0 amide bonds. The number of aromatic nitrogens is 1. The van der Waals surface area contributed by atoms with Gasteiger partial charge in [0, 0.05) is 17.0 Å². The monoisotopic (exact) mass is 306 g/mol. The molecule has 0 bridgehead atoms. The summed E-state index contributed by atoms with van der Waals surface area (Å²) in [5.74, 6) is -0.402. The van der Waals surface area contributed by atoms with E-state index in [1.807, 2.05) is 24.3 Å². The lowest BCUT2D eigenvalue weighted by Crippen LogP contribution is -2.03. The number of hydrogen-bond acceptors (Lipinski definition) is 5. The van der Waals surface area contributed by atoms with Crippen molar-refractivity contribution in [1.29, 1.82) is 0 Å². The molecule has 1 aromatic carbocycles. The van der Waals surface area contributed by atoms with Gasteiger partial charge in [0.1, 0.15) is 10.8 Å². The van der Waals surface area contributed by atoms with Crippen LogP contribution in [0.1, 0.15) is 17.4 Å². The maximum Gasteiger partial charge on any atom is 0.186 e. The number of rotatable bonds is 4. The third kappa shape index (κ3) is 3.24. The van der Waals surface area contributed by atoms with Crippen molar-refractivity contribution < 1.29 is 13.9 Å². The lowest BCUT2D eigenvalue weighted by Gasteiger charge is -2.14. The van der Waals surface area contributed by atoms with Crippen molar-refractivity contribution in [2.24, 2.45) is 5.73 Å². The standard InChI is InChI=1S/C15H15FN2O2S/c16-11-7-12(15-19-5-6-20-15)14(18-9-11)21-13-4-2-1-3-10(13)8-17/h1-4,7,9,15H,5-6,8,17H2. The van der Waals surface area contributed by atoms with Crippen LogP contribution in [0.4, 0.5) is 4.39 Å². The van der Waals surface area contributed by atoms with Gasteiger partial charge >= 0.3 is 0 Å². The molecule has 0 radical (unpaired) electrons. The molecule has 2 aromatic rings. The van der Waals surface area contributed by atoms with Gasteiger partial charge in [0.2, 0.25) is 0 Å². The number of halogens is 1.